The second-order valence-corrected chi connectivity index (χ2v) is 6.01. The molecule has 0 radical (unpaired) electrons. The predicted molar refractivity (Wildman–Crippen MR) is 80.4 cm³/mol. The van der Waals surface area contributed by atoms with Crippen LogP contribution in [0.3, 0.4) is 0 Å². The molecule has 0 spiro atoms. The third-order valence-corrected chi connectivity index (χ3v) is 4.74. The van der Waals surface area contributed by atoms with Crippen molar-refractivity contribution in [2.24, 2.45) is 0 Å². The maximum Gasteiger partial charge on any atom is 0.137 e. The first-order valence-electron chi connectivity index (χ1n) is 6.88. The third-order valence-electron chi connectivity index (χ3n) is 3.58. The summed E-state index contributed by atoms with van der Waals surface area (Å²) in [6, 6.07) is 9.72. The zero-order valence-electron chi connectivity index (χ0n) is 11.2. The van der Waals surface area contributed by atoms with Gasteiger partial charge in [-0.05, 0) is 54.5 Å². The smallest absolute Gasteiger partial charge is 0.137 e. The van der Waals surface area contributed by atoms with Crippen molar-refractivity contribution in [1.29, 1.82) is 0 Å². The number of thioether (sulfide) groups is 1. The summed E-state index contributed by atoms with van der Waals surface area (Å²) in [6.45, 7) is 0.898. The molecule has 20 heavy (non-hydrogen) atoms. The topological polar surface area (TPSA) is 24.9 Å². The highest BCUT2D eigenvalue weighted by atomic mass is 32.2. The Balaban J connectivity index is 1.64. The van der Waals surface area contributed by atoms with Crippen molar-refractivity contribution in [2.45, 2.75) is 23.8 Å². The first-order chi connectivity index (χ1) is 9.84. The van der Waals surface area contributed by atoms with Crippen LogP contribution in [0.25, 0.3) is 0 Å². The van der Waals surface area contributed by atoms with Gasteiger partial charge >= 0.3 is 0 Å². The summed E-state index contributed by atoms with van der Waals surface area (Å²) in [5.74, 6) is 0.883. The largest absolute Gasteiger partial charge is 0.310 e. The summed E-state index contributed by atoms with van der Waals surface area (Å²) in [7, 11) is 0. The minimum atomic E-state index is -0.0897. The fraction of sp³-hybridized carbons (Fsp3) is 0.312. The Labute approximate surface area is 122 Å². The molecule has 1 aromatic carbocycles. The van der Waals surface area contributed by atoms with Gasteiger partial charge in [-0.2, -0.15) is 0 Å². The third kappa shape index (κ3) is 3.02. The Kier molecular flexibility index (Phi) is 4.33. The molecule has 1 aromatic heterocycles. The van der Waals surface area contributed by atoms with E-state index in [2.05, 4.69) is 10.3 Å². The van der Waals surface area contributed by atoms with Crippen molar-refractivity contribution in [2.75, 3.05) is 12.3 Å². The van der Waals surface area contributed by atoms with E-state index in [1.165, 1.54) is 5.56 Å². The molecule has 0 saturated heterocycles. The zero-order chi connectivity index (χ0) is 13.8. The van der Waals surface area contributed by atoms with E-state index in [0.29, 0.717) is 0 Å². The number of aromatic nitrogens is 1. The molecule has 0 saturated carbocycles. The van der Waals surface area contributed by atoms with Crippen molar-refractivity contribution in [3.63, 3.8) is 0 Å². The molecule has 1 N–H and O–H groups in total. The van der Waals surface area contributed by atoms with Crippen LogP contribution in [0, 0.1) is 5.82 Å². The molecule has 2 nitrogen and oxygen atoms in total. The van der Waals surface area contributed by atoms with Gasteiger partial charge in [-0.15, -0.1) is 11.8 Å². The van der Waals surface area contributed by atoms with Crippen molar-refractivity contribution in [3.05, 3.63) is 59.7 Å². The van der Waals surface area contributed by atoms with Gasteiger partial charge in [0.2, 0.25) is 0 Å². The van der Waals surface area contributed by atoms with Gasteiger partial charge in [0, 0.05) is 23.3 Å². The highest BCUT2D eigenvalue weighted by Gasteiger charge is 2.22. The van der Waals surface area contributed by atoms with Crippen LogP contribution in [-0.2, 0) is 6.42 Å². The van der Waals surface area contributed by atoms with Gasteiger partial charge in [-0.3, -0.25) is 4.98 Å². The number of rotatable bonds is 4. The van der Waals surface area contributed by atoms with E-state index in [1.807, 2.05) is 30.6 Å². The Morgan fingerprint density at radius 2 is 2.10 bits per heavy atom. The minimum Gasteiger partial charge on any atom is -0.310 e. The van der Waals surface area contributed by atoms with E-state index in [0.717, 1.165) is 35.6 Å². The second kappa shape index (κ2) is 6.37. The van der Waals surface area contributed by atoms with Crippen molar-refractivity contribution >= 4 is 11.8 Å². The molecule has 2 aromatic rings. The number of fused-ring (bicyclic) bond motifs is 1. The fourth-order valence-electron chi connectivity index (χ4n) is 2.54. The summed E-state index contributed by atoms with van der Waals surface area (Å²) in [4.78, 5) is 4.84. The van der Waals surface area contributed by atoms with Crippen LogP contribution in [0.2, 0.25) is 0 Å². The van der Waals surface area contributed by atoms with Crippen LogP contribution in [0.5, 0.6) is 0 Å². The first kappa shape index (κ1) is 13.6. The van der Waals surface area contributed by atoms with Gasteiger partial charge in [0.1, 0.15) is 5.82 Å². The molecule has 4 heteroatoms. The molecule has 3 rings (SSSR count). The standard InChI is InChI=1S/C16H17FN2S/c17-14-3-1-2-13-15(7-11-20-16(13)14)19-10-6-12-4-8-18-9-5-12/h1-5,8-9,15,19H,6-7,10-11H2. The molecule has 1 aliphatic rings. The molecular formula is C16H17FN2S. The Hall–Kier alpha value is -1.39. The Morgan fingerprint density at radius 3 is 2.95 bits per heavy atom. The summed E-state index contributed by atoms with van der Waals surface area (Å²) < 4.78 is 13.8. The lowest BCUT2D eigenvalue weighted by atomic mass is 10.0. The summed E-state index contributed by atoms with van der Waals surface area (Å²) in [6.07, 6.45) is 5.66. The van der Waals surface area contributed by atoms with E-state index >= 15 is 0 Å². The SMILES string of the molecule is Fc1cccc2c1SCCC2NCCc1ccncc1. The van der Waals surface area contributed by atoms with Gasteiger partial charge in [0.15, 0.2) is 0 Å². The van der Waals surface area contributed by atoms with E-state index in [4.69, 9.17) is 0 Å². The average Bonchev–Trinajstić information content (AvgIpc) is 2.49. The Bertz CT molecular complexity index is 574. The molecule has 1 atom stereocenters. The highest BCUT2D eigenvalue weighted by Crippen LogP contribution is 2.37. The van der Waals surface area contributed by atoms with Gasteiger partial charge < -0.3 is 5.32 Å². The summed E-state index contributed by atoms with van der Waals surface area (Å²) >= 11 is 1.63. The van der Waals surface area contributed by atoms with Crippen LogP contribution < -0.4 is 5.32 Å². The van der Waals surface area contributed by atoms with Gasteiger partial charge in [0.05, 0.1) is 0 Å². The summed E-state index contributed by atoms with van der Waals surface area (Å²) in [5.41, 5.74) is 2.38. The Morgan fingerprint density at radius 1 is 1.25 bits per heavy atom. The molecule has 1 unspecified atom stereocenters. The van der Waals surface area contributed by atoms with Crippen LogP contribution in [0.1, 0.15) is 23.6 Å². The number of halogens is 1. The molecule has 0 bridgehead atoms. The fourth-order valence-corrected chi connectivity index (χ4v) is 3.68. The lowest BCUT2D eigenvalue weighted by Gasteiger charge is -2.26. The van der Waals surface area contributed by atoms with Crippen molar-refractivity contribution < 1.29 is 4.39 Å². The minimum absolute atomic E-state index is 0.0897. The van der Waals surface area contributed by atoms with Crippen LogP contribution >= 0.6 is 11.8 Å². The highest BCUT2D eigenvalue weighted by molar-refractivity contribution is 7.99. The van der Waals surface area contributed by atoms with E-state index in [-0.39, 0.29) is 11.9 Å². The van der Waals surface area contributed by atoms with Crippen LogP contribution in [0.15, 0.2) is 47.6 Å². The van der Waals surface area contributed by atoms with Crippen LogP contribution in [-0.4, -0.2) is 17.3 Å². The first-order valence-corrected chi connectivity index (χ1v) is 7.86. The van der Waals surface area contributed by atoms with E-state index in [9.17, 15) is 4.39 Å². The molecule has 1 aliphatic heterocycles. The lowest BCUT2D eigenvalue weighted by molar-refractivity contribution is 0.500. The van der Waals surface area contributed by atoms with E-state index < -0.39 is 0 Å². The van der Waals surface area contributed by atoms with Crippen molar-refractivity contribution in [1.82, 2.24) is 10.3 Å². The number of nitrogens with one attached hydrogen (secondary N) is 1. The number of benzene rings is 1. The van der Waals surface area contributed by atoms with Crippen molar-refractivity contribution in [3.8, 4) is 0 Å². The number of hydrogen-bond acceptors (Lipinski definition) is 3. The monoisotopic (exact) mass is 288 g/mol. The molecule has 0 amide bonds. The van der Waals surface area contributed by atoms with Gasteiger partial charge in [0.25, 0.3) is 0 Å². The van der Waals surface area contributed by atoms with E-state index in [1.54, 1.807) is 23.9 Å². The molecule has 0 aliphatic carbocycles. The molecule has 2 heterocycles. The maximum atomic E-state index is 13.8. The zero-order valence-corrected chi connectivity index (χ0v) is 12.0. The second-order valence-electron chi connectivity index (χ2n) is 4.91. The predicted octanol–water partition coefficient (Wildman–Crippen LogP) is 3.59. The van der Waals surface area contributed by atoms with Gasteiger partial charge in [-0.25, -0.2) is 4.39 Å². The number of nitrogens with zero attached hydrogens (tertiary/aromatic N) is 1. The molecule has 0 fully saturated rings. The maximum absolute atomic E-state index is 13.8. The number of hydrogen-bond donors (Lipinski definition) is 1. The summed E-state index contributed by atoms with van der Waals surface area (Å²) in [5, 5.41) is 3.55. The average molecular weight is 288 g/mol. The molecule has 104 valence electrons. The van der Waals surface area contributed by atoms with Crippen LogP contribution in [0.4, 0.5) is 4.39 Å². The van der Waals surface area contributed by atoms with Gasteiger partial charge in [-0.1, -0.05) is 12.1 Å². The normalized spacial score (nSPS) is 17.8. The lowest BCUT2D eigenvalue weighted by Crippen LogP contribution is -2.26. The quantitative estimate of drug-likeness (QED) is 0.930. The molecular weight excluding hydrogens is 271 g/mol. The number of pyridine rings is 1.